The Hall–Kier alpha value is -4.90. The third-order valence-corrected chi connectivity index (χ3v) is 7.01. The lowest BCUT2D eigenvalue weighted by molar-refractivity contribution is -0.121. The van der Waals surface area contributed by atoms with Gasteiger partial charge in [0.15, 0.2) is 0 Å². The van der Waals surface area contributed by atoms with Gasteiger partial charge in [0.2, 0.25) is 17.8 Å². The first-order valence-electron chi connectivity index (χ1n) is 14.0. The number of ether oxygens (including phenoxy) is 1. The zero-order valence-corrected chi connectivity index (χ0v) is 25.9. The number of likely N-dealkylation sites (N-methyl/N-ethyl adjacent to an activating group) is 1. The minimum atomic E-state index is -0.344. The van der Waals surface area contributed by atoms with Crippen molar-refractivity contribution in [2.75, 3.05) is 62.2 Å². The fraction of sp³-hybridized carbons (Fsp3) is 0.312. The van der Waals surface area contributed by atoms with Gasteiger partial charge in [0.05, 0.1) is 36.1 Å². The Labute approximate surface area is 252 Å². The summed E-state index contributed by atoms with van der Waals surface area (Å²) >= 11 is 0. The normalized spacial score (nSPS) is 11.1. The third-order valence-electron chi connectivity index (χ3n) is 7.01. The number of nitrogens with zero attached hydrogens (tertiary/aromatic N) is 5. The first kappa shape index (κ1) is 31.0. The van der Waals surface area contributed by atoms with E-state index in [1.54, 1.807) is 31.3 Å². The highest BCUT2D eigenvalue weighted by molar-refractivity contribution is 6.03. The maximum Gasteiger partial charge on any atom is 0.247 e. The molecule has 0 saturated carbocycles. The number of anilines is 5. The van der Waals surface area contributed by atoms with Crippen LogP contribution in [-0.2, 0) is 16.6 Å². The maximum atomic E-state index is 13.0. The summed E-state index contributed by atoms with van der Waals surface area (Å²) < 4.78 is 7.75. The maximum absolute atomic E-state index is 13.0. The molecule has 2 amide bonds. The summed E-state index contributed by atoms with van der Waals surface area (Å²) in [5.74, 6) is 0.220. The molecule has 2 aromatic heterocycles. The minimum Gasteiger partial charge on any atom is -0.494 e. The van der Waals surface area contributed by atoms with Crippen LogP contribution in [0, 0.1) is 5.92 Å². The van der Waals surface area contributed by atoms with Crippen LogP contribution in [0.2, 0.25) is 0 Å². The van der Waals surface area contributed by atoms with Gasteiger partial charge in [-0.2, -0.15) is 0 Å². The second-order valence-electron chi connectivity index (χ2n) is 10.8. The Morgan fingerprint density at radius 1 is 1.12 bits per heavy atom. The Morgan fingerprint density at radius 3 is 2.53 bits per heavy atom. The predicted octanol–water partition coefficient (Wildman–Crippen LogP) is 5.10. The Balaban J connectivity index is 1.81. The molecule has 0 atom stereocenters. The number of para-hydroxylation sites is 1. The highest BCUT2D eigenvalue weighted by Crippen LogP contribution is 2.39. The summed E-state index contributed by atoms with van der Waals surface area (Å²) in [5.41, 5.74) is 4.88. The van der Waals surface area contributed by atoms with E-state index in [1.807, 2.05) is 76.1 Å². The molecule has 11 heteroatoms. The van der Waals surface area contributed by atoms with Crippen molar-refractivity contribution in [1.29, 1.82) is 0 Å². The molecule has 43 heavy (non-hydrogen) atoms. The van der Waals surface area contributed by atoms with Crippen LogP contribution in [0.3, 0.4) is 0 Å². The van der Waals surface area contributed by atoms with Gasteiger partial charge < -0.3 is 35.1 Å². The van der Waals surface area contributed by atoms with Crippen molar-refractivity contribution in [2.24, 2.45) is 13.0 Å². The topological polar surface area (TPSA) is 117 Å². The van der Waals surface area contributed by atoms with Gasteiger partial charge >= 0.3 is 0 Å². The van der Waals surface area contributed by atoms with Crippen molar-refractivity contribution in [3.05, 3.63) is 61.4 Å². The van der Waals surface area contributed by atoms with E-state index in [2.05, 4.69) is 32.4 Å². The monoisotopic (exact) mass is 584 g/mol. The Morgan fingerprint density at radius 2 is 1.86 bits per heavy atom. The Kier molecular flexibility index (Phi) is 9.66. The fourth-order valence-electron chi connectivity index (χ4n) is 4.73. The smallest absolute Gasteiger partial charge is 0.247 e. The van der Waals surface area contributed by atoms with Gasteiger partial charge in [-0.3, -0.25) is 9.59 Å². The molecule has 0 spiro atoms. The number of nitrogens with one attached hydrogen (secondary N) is 3. The first-order valence-corrected chi connectivity index (χ1v) is 14.0. The summed E-state index contributed by atoms with van der Waals surface area (Å²) in [6.07, 6.45) is 4.87. The number of methoxy groups -OCH3 is 1. The van der Waals surface area contributed by atoms with E-state index in [0.717, 1.165) is 23.0 Å². The van der Waals surface area contributed by atoms with Crippen LogP contribution >= 0.6 is 0 Å². The summed E-state index contributed by atoms with van der Waals surface area (Å²) in [7, 11) is 9.27. The minimum absolute atomic E-state index is 0.0487. The van der Waals surface area contributed by atoms with E-state index in [1.165, 1.54) is 6.08 Å². The van der Waals surface area contributed by atoms with E-state index in [4.69, 9.17) is 9.72 Å². The zero-order chi connectivity index (χ0) is 31.3. The molecule has 0 radical (unpaired) electrons. The Bertz CT molecular complexity index is 1640. The molecule has 0 aliphatic heterocycles. The van der Waals surface area contributed by atoms with Gasteiger partial charge in [0.1, 0.15) is 11.4 Å². The van der Waals surface area contributed by atoms with Crippen LogP contribution in [0.25, 0.3) is 22.2 Å². The van der Waals surface area contributed by atoms with Crippen LogP contribution < -0.4 is 25.6 Å². The average Bonchev–Trinajstić information content (AvgIpc) is 3.33. The average molecular weight is 585 g/mol. The lowest BCUT2D eigenvalue weighted by Crippen LogP contribution is -2.31. The highest BCUT2D eigenvalue weighted by atomic mass is 16.5. The molecule has 4 aromatic rings. The summed E-state index contributed by atoms with van der Waals surface area (Å²) in [6, 6.07) is 11.6. The van der Waals surface area contributed by atoms with Gasteiger partial charge in [0, 0.05) is 61.8 Å². The summed E-state index contributed by atoms with van der Waals surface area (Å²) in [4.78, 5) is 38.5. The lowest BCUT2D eigenvalue weighted by atomic mass is 10.1. The number of hydrogen-bond acceptors (Lipinski definition) is 8. The first-order chi connectivity index (χ1) is 20.5. The molecule has 0 unspecified atom stereocenters. The molecule has 11 nitrogen and oxygen atoms in total. The van der Waals surface area contributed by atoms with E-state index in [-0.39, 0.29) is 17.7 Å². The molecule has 0 bridgehead atoms. The van der Waals surface area contributed by atoms with Crippen molar-refractivity contribution in [3.63, 3.8) is 0 Å². The van der Waals surface area contributed by atoms with Crippen molar-refractivity contribution in [1.82, 2.24) is 19.4 Å². The van der Waals surface area contributed by atoms with Gasteiger partial charge in [-0.05, 0) is 32.3 Å². The molecule has 0 aliphatic rings. The molecule has 0 fully saturated rings. The predicted molar refractivity (Wildman–Crippen MR) is 174 cm³/mol. The van der Waals surface area contributed by atoms with E-state index in [9.17, 15) is 9.59 Å². The molecule has 4 rings (SSSR count). The molecular weight excluding hydrogens is 544 g/mol. The van der Waals surface area contributed by atoms with Crippen LogP contribution in [0.5, 0.6) is 5.75 Å². The number of carbonyl (C=O) groups is 2. The highest BCUT2D eigenvalue weighted by Gasteiger charge is 2.23. The number of fused-ring (bicyclic) bond motifs is 1. The van der Waals surface area contributed by atoms with Gasteiger partial charge in [-0.25, -0.2) is 9.97 Å². The molecular formula is C32H40N8O3. The lowest BCUT2D eigenvalue weighted by Gasteiger charge is -2.22. The van der Waals surface area contributed by atoms with E-state index < -0.39 is 0 Å². The largest absolute Gasteiger partial charge is 0.494 e. The number of aromatic nitrogens is 3. The molecule has 0 aliphatic carbocycles. The summed E-state index contributed by atoms with van der Waals surface area (Å²) in [6.45, 7) is 8.75. The van der Waals surface area contributed by atoms with Crippen molar-refractivity contribution >= 4 is 51.4 Å². The molecule has 2 aromatic carbocycles. The van der Waals surface area contributed by atoms with E-state index in [0.29, 0.717) is 46.7 Å². The molecule has 226 valence electrons. The van der Waals surface area contributed by atoms with Gasteiger partial charge in [0.25, 0.3) is 0 Å². The van der Waals surface area contributed by atoms with Crippen molar-refractivity contribution < 1.29 is 14.3 Å². The van der Waals surface area contributed by atoms with E-state index >= 15 is 0 Å². The molecule has 3 N–H and O–H groups in total. The zero-order valence-electron chi connectivity index (χ0n) is 25.9. The van der Waals surface area contributed by atoms with Crippen molar-refractivity contribution in [3.8, 4) is 17.0 Å². The van der Waals surface area contributed by atoms with Crippen molar-refractivity contribution in [2.45, 2.75) is 13.8 Å². The molecule has 0 saturated heterocycles. The third kappa shape index (κ3) is 6.95. The standard InChI is InChI=1S/C32H40N8O3/c1-9-29(41)35-24-16-25(28(43-8)17-23(24)33-14-15-38(4)5)36-32-34-18-27(40(7)31(42)20(2)3)30(37-32)22-19-39(6)26-13-11-10-12-21(22)26/h9-13,16-20,33H,1,14-15H2,2-8H3,(H,35,41)(H,34,36,37). The quantitative estimate of drug-likeness (QED) is 0.197. The second kappa shape index (κ2) is 13.4. The number of rotatable bonds is 12. The summed E-state index contributed by atoms with van der Waals surface area (Å²) in [5, 5.41) is 10.5. The van der Waals surface area contributed by atoms with Gasteiger partial charge in [-0.15, -0.1) is 0 Å². The fourth-order valence-corrected chi connectivity index (χ4v) is 4.73. The number of hydrogen-bond donors (Lipinski definition) is 3. The van der Waals surface area contributed by atoms with Gasteiger partial charge in [-0.1, -0.05) is 38.6 Å². The SMILES string of the molecule is C=CC(=O)Nc1cc(Nc2ncc(N(C)C(=O)C(C)C)c(-c3cn(C)c4ccccc34)n2)c(OC)cc1NCCN(C)C. The number of amides is 2. The van der Waals surface area contributed by atoms with Crippen LogP contribution in [0.1, 0.15) is 13.8 Å². The van der Waals surface area contributed by atoms with Crippen LogP contribution in [0.15, 0.2) is 61.4 Å². The van der Waals surface area contributed by atoms with Crippen LogP contribution in [-0.4, -0.2) is 72.6 Å². The number of benzene rings is 2. The molecule has 2 heterocycles. The number of carbonyl (C=O) groups excluding carboxylic acids is 2. The van der Waals surface area contributed by atoms with Crippen LogP contribution in [0.4, 0.5) is 28.7 Å². The number of aryl methyl sites for hydroxylation is 1. The second-order valence-corrected chi connectivity index (χ2v) is 10.8.